The second-order valence-electron chi connectivity index (χ2n) is 5.29. The molecule has 2 heterocycles. The Bertz CT molecular complexity index is 525. The van der Waals surface area contributed by atoms with Gasteiger partial charge in [-0.25, -0.2) is 4.98 Å². The van der Waals surface area contributed by atoms with E-state index in [-0.39, 0.29) is 0 Å². The van der Waals surface area contributed by atoms with Gasteiger partial charge in [-0.3, -0.25) is 0 Å². The molecule has 2 aromatic rings. The first-order chi connectivity index (χ1) is 9.31. The van der Waals surface area contributed by atoms with Gasteiger partial charge in [-0.2, -0.15) is 0 Å². The van der Waals surface area contributed by atoms with Crippen molar-refractivity contribution in [1.29, 1.82) is 0 Å². The molecule has 0 spiro atoms. The van der Waals surface area contributed by atoms with Crippen LogP contribution < -0.4 is 5.32 Å². The van der Waals surface area contributed by atoms with Gasteiger partial charge in [0.25, 0.3) is 0 Å². The first-order valence-electron chi connectivity index (χ1n) is 7.01. The lowest BCUT2D eigenvalue weighted by Gasteiger charge is -2.23. The number of imidazole rings is 1. The second kappa shape index (κ2) is 5.47. The molecule has 1 saturated carbocycles. The summed E-state index contributed by atoms with van der Waals surface area (Å²) in [7, 11) is 0. The normalized spacial score (nSPS) is 16.7. The minimum absolute atomic E-state index is 0.564. The van der Waals surface area contributed by atoms with Gasteiger partial charge >= 0.3 is 0 Å². The summed E-state index contributed by atoms with van der Waals surface area (Å²) in [5.41, 5.74) is 0.933. The molecule has 1 N–H and O–H groups in total. The van der Waals surface area contributed by atoms with Crippen molar-refractivity contribution in [3.63, 3.8) is 0 Å². The summed E-state index contributed by atoms with van der Waals surface area (Å²) in [6.07, 6.45) is 10.3. The largest absolute Gasteiger partial charge is 0.361 e. The zero-order valence-corrected chi connectivity index (χ0v) is 11.3. The molecule has 2 aromatic heterocycles. The molecule has 0 amide bonds. The number of anilines is 1. The van der Waals surface area contributed by atoms with Gasteiger partial charge in [-0.05, 0) is 19.8 Å². The number of rotatable bonds is 4. The Morgan fingerprint density at radius 3 is 2.95 bits per heavy atom. The van der Waals surface area contributed by atoms with Crippen LogP contribution in [0, 0.1) is 6.92 Å². The smallest absolute Gasteiger partial charge is 0.203 e. The van der Waals surface area contributed by atoms with E-state index in [1.165, 1.54) is 32.1 Å². The average molecular weight is 260 g/mol. The fourth-order valence-corrected chi connectivity index (χ4v) is 2.67. The minimum atomic E-state index is 0.564. The van der Waals surface area contributed by atoms with Gasteiger partial charge in [0.2, 0.25) is 5.95 Å². The van der Waals surface area contributed by atoms with Crippen LogP contribution in [-0.4, -0.2) is 20.7 Å². The molecule has 0 bridgehead atoms. The second-order valence-corrected chi connectivity index (χ2v) is 5.29. The van der Waals surface area contributed by atoms with E-state index in [9.17, 15) is 0 Å². The molecule has 1 aliphatic carbocycles. The van der Waals surface area contributed by atoms with E-state index < -0.39 is 0 Å². The summed E-state index contributed by atoms with van der Waals surface area (Å²) in [6, 6.07) is 2.53. The Kier molecular flexibility index (Phi) is 3.53. The zero-order chi connectivity index (χ0) is 13.1. The lowest BCUT2D eigenvalue weighted by molar-refractivity contribution is 0.389. The fraction of sp³-hybridized carbons (Fsp3) is 0.571. The highest BCUT2D eigenvalue weighted by molar-refractivity contribution is 5.28. The number of hydrogen-bond acceptors (Lipinski definition) is 4. The topological polar surface area (TPSA) is 55.9 Å². The van der Waals surface area contributed by atoms with Gasteiger partial charge in [0.1, 0.15) is 11.5 Å². The van der Waals surface area contributed by atoms with E-state index in [2.05, 4.69) is 20.0 Å². The molecule has 1 aliphatic rings. The number of nitrogens with zero attached hydrogens (tertiary/aromatic N) is 3. The Morgan fingerprint density at radius 2 is 2.21 bits per heavy atom. The van der Waals surface area contributed by atoms with E-state index in [0.29, 0.717) is 12.6 Å². The van der Waals surface area contributed by atoms with Crippen molar-refractivity contribution in [2.75, 3.05) is 5.32 Å². The number of nitrogens with one attached hydrogen (secondary N) is 1. The predicted octanol–water partition coefficient (Wildman–Crippen LogP) is 2.97. The maximum Gasteiger partial charge on any atom is 0.203 e. The van der Waals surface area contributed by atoms with Crippen LogP contribution in [0.2, 0.25) is 0 Å². The molecule has 5 heteroatoms. The van der Waals surface area contributed by atoms with Gasteiger partial charge < -0.3 is 14.4 Å². The Hall–Kier alpha value is -1.78. The quantitative estimate of drug-likeness (QED) is 0.918. The van der Waals surface area contributed by atoms with E-state index in [1.807, 2.05) is 25.4 Å². The fourth-order valence-electron chi connectivity index (χ4n) is 2.67. The van der Waals surface area contributed by atoms with Crippen LogP contribution in [0.4, 0.5) is 5.95 Å². The number of hydrogen-bond donors (Lipinski definition) is 1. The van der Waals surface area contributed by atoms with Gasteiger partial charge in [0, 0.05) is 24.5 Å². The monoisotopic (exact) mass is 260 g/mol. The van der Waals surface area contributed by atoms with Gasteiger partial charge in [-0.1, -0.05) is 24.4 Å². The molecule has 0 atom stereocenters. The summed E-state index contributed by atoms with van der Waals surface area (Å²) in [4.78, 5) is 4.41. The first kappa shape index (κ1) is 12.3. The molecular formula is C14H20N4O. The molecule has 0 aromatic carbocycles. The summed E-state index contributed by atoms with van der Waals surface area (Å²) in [5, 5.41) is 7.58. The SMILES string of the molecule is Cc1cc(Cn2ccnc2NC2CCCCC2)no1. The Balaban J connectivity index is 1.67. The standard InChI is InChI=1S/C14H20N4O/c1-11-9-13(17-19-11)10-18-8-7-15-14(18)16-12-5-3-2-4-6-12/h7-9,12H,2-6,10H2,1H3,(H,15,16). The summed E-state index contributed by atoms with van der Waals surface area (Å²) in [5.74, 6) is 1.78. The van der Waals surface area contributed by atoms with Crippen molar-refractivity contribution in [2.45, 2.75) is 51.6 Å². The van der Waals surface area contributed by atoms with Crippen molar-refractivity contribution in [1.82, 2.24) is 14.7 Å². The van der Waals surface area contributed by atoms with Crippen LogP contribution in [0.5, 0.6) is 0 Å². The molecule has 102 valence electrons. The summed E-state index contributed by atoms with van der Waals surface area (Å²) >= 11 is 0. The molecular weight excluding hydrogens is 240 g/mol. The van der Waals surface area contributed by atoms with Gasteiger partial charge in [-0.15, -0.1) is 0 Å². The minimum Gasteiger partial charge on any atom is -0.361 e. The van der Waals surface area contributed by atoms with Crippen LogP contribution in [0.3, 0.4) is 0 Å². The van der Waals surface area contributed by atoms with Crippen molar-refractivity contribution in [3.05, 3.63) is 29.9 Å². The van der Waals surface area contributed by atoms with Crippen LogP contribution in [-0.2, 0) is 6.54 Å². The molecule has 19 heavy (non-hydrogen) atoms. The molecule has 0 unspecified atom stereocenters. The third-order valence-corrected chi connectivity index (χ3v) is 3.66. The van der Waals surface area contributed by atoms with E-state index in [1.54, 1.807) is 0 Å². The molecule has 5 nitrogen and oxygen atoms in total. The average Bonchev–Trinajstić information content (AvgIpc) is 3.01. The molecule has 3 rings (SSSR count). The zero-order valence-electron chi connectivity index (χ0n) is 11.3. The van der Waals surface area contributed by atoms with Crippen molar-refractivity contribution >= 4 is 5.95 Å². The first-order valence-corrected chi connectivity index (χ1v) is 7.01. The highest BCUT2D eigenvalue weighted by atomic mass is 16.5. The lowest BCUT2D eigenvalue weighted by Crippen LogP contribution is -2.24. The highest BCUT2D eigenvalue weighted by Gasteiger charge is 2.15. The van der Waals surface area contributed by atoms with Gasteiger partial charge in [0.05, 0.1) is 6.54 Å². The van der Waals surface area contributed by atoms with E-state index in [0.717, 1.165) is 17.4 Å². The Labute approximate surface area is 113 Å². The van der Waals surface area contributed by atoms with Crippen LogP contribution >= 0.6 is 0 Å². The molecule has 0 saturated heterocycles. The van der Waals surface area contributed by atoms with Gasteiger partial charge in [0.15, 0.2) is 0 Å². The van der Waals surface area contributed by atoms with Crippen molar-refractivity contribution in [3.8, 4) is 0 Å². The Morgan fingerprint density at radius 1 is 1.37 bits per heavy atom. The lowest BCUT2D eigenvalue weighted by atomic mass is 9.96. The van der Waals surface area contributed by atoms with Crippen LogP contribution in [0.1, 0.15) is 43.6 Å². The highest BCUT2D eigenvalue weighted by Crippen LogP contribution is 2.21. The third-order valence-electron chi connectivity index (χ3n) is 3.66. The summed E-state index contributed by atoms with van der Waals surface area (Å²) in [6.45, 7) is 2.61. The summed E-state index contributed by atoms with van der Waals surface area (Å²) < 4.78 is 7.19. The van der Waals surface area contributed by atoms with Crippen molar-refractivity contribution in [2.24, 2.45) is 0 Å². The maximum atomic E-state index is 5.10. The predicted molar refractivity (Wildman–Crippen MR) is 73.1 cm³/mol. The van der Waals surface area contributed by atoms with Crippen LogP contribution in [0.25, 0.3) is 0 Å². The van der Waals surface area contributed by atoms with E-state index in [4.69, 9.17) is 4.52 Å². The van der Waals surface area contributed by atoms with Crippen LogP contribution in [0.15, 0.2) is 23.0 Å². The number of aryl methyl sites for hydroxylation is 1. The molecule has 1 fully saturated rings. The van der Waals surface area contributed by atoms with E-state index >= 15 is 0 Å². The maximum absolute atomic E-state index is 5.10. The number of aromatic nitrogens is 3. The molecule has 0 radical (unpaired) electrons. The molecule has 0 aliphatic heterocycles. The van der Waals surface area contributed by atoms with Crippen molar-refractivity contribution < 1.29 is 4.52 Å². The third kappa shape index (κ3) is 2.97.